The largest absolute Gasteiger partial charge is 0.341 e. The van der Waals surface area contributed by atoms with Crippen LogP contribution in [0.2, 0.25) is 0 Å². The van der Waals surface area contributed by atoms with Crippen LogP contribution in [0.1, 0.15) is 19.8 Å². The lowest BCUT2D eigenvalue weighted by Gasteiger charge is -2.31. The summed E-state index contributed by atoms with van der Waals surface area (Å²) in [5, 5.41) is 5.65. The van der Waals surface area contributed by atoms with E-state index in [1.165, 1.54) is 6.92 Å². The molecule has 1 aromatic carbocycles. The minimum atomic E-state index is -0.119. The van der Waals surface area contributed by atoms with Crippen LogP contribution in [0.25, 0.3) is 0 Å². The average molecular weight is 339 g/mol. The highest BCUT2D eigenvalue weighted by Crippen LogP contribution is 2.22. The Morgan fingerprint density at radius 2 is 1.56 bits per heavy atom. The Bertz CT molecular complexity index is 725. The third-order valence-electron chi connectivity index (χ3n) is 4.17. The third-order valence-corrected chi connectivity index (χ3v) is 4.17. The Hall–Kier alpha value is -2.96. The van der Waals surface area contributed by atoms with Crippen molar-refractivity contribution in [1.29, 1.82) is 0 Å². The monoisotopic (exact) mass is 339 g/mol. The summed E-state index contributed by atoms with van der Waals surface area (Å²) < 4.78 is 0. The van der Waals surface area contributed by atoms with Crippen molar-refractivity contribution in [2.24, 2.45) is 5.92 Å². The van der Waals surface area contributed by atoms with Crippen LogP contribution in [0, 0.1) is 5.92 Å². The highest BCUT2D eigenvalue weighted by Gasteiger charge is 2.26. The van der Waals surface area contributed by atoms with Gasteiger partial charge < -0.3 is 15.5 Å². The number of aromatic nitrogens is 2. The van der Waals surface area contributed by atoms with Crippen molar-refractivity contribution in [3.8, 4) is 0 Å². The molecule has 7 nitrogen and oxygen atoms in total. The summed E-state index contributed by atoms with van der Waals surface area (Å²) in [6.45, 7) is 3.00. The fourth-order valence-electron chi connectivity index (χ4n) is 2.88. The second-order valence-corrected chi connectivity index (χ2v) is 6.06. The molecule has 0 spiro atoms. The smallest absolute Gasteiger partial charge is 0.227 e. The van der Waals surface area contributed by atoms with Gasteiger partial charge in [0.1, 0.15) is 0 Å². The molecule has 130 valence electrons. The van der Waals surface area contributed by atoms with Gasteiger partial charge in [0.25, 0.3) is 0 Å². The SMILES string of the molecule is CC(=O)Nc1ccc(NC(=O)C2CCN(c3ncccn3)CC2)cc1. The normalized spacial score (nSPS) is 14.8. The number of benzene rings is 1. The van der Waals surface area contributed by atoms with Gasteiger partial charge in [0.15, 0.2) is 0 Å². The molecule has 0 unspecified atom stereocenters. The summed E-state index contributed by atoms with van der Waals surface area (Å²) in [6.07, 6.45) is 5.00. The molecule has 1 aliphatic heterocycles. The van der Waals surface area contributed by atoms with Gasteiger partial charge in [0, 0.05) is 49.7 Å². The quantitative estimate of drug-likeness (QED) is 0.892. The van der Waals surface area contributed by atoms with Gasteiger partial charge in [-0.1, -0.05) is 0 Å². The second-order valence-electron chi connectivity index (χ2n) is 6.06. The molecule has 2 N–H and O–H groups in total. The molecule has 1 aliphatic rings. The summed E-state index contributed by atoms with van der Waals surface area (Å²) in [5.41, 5.74) is 1.44. The number of carbonyl (C=O) groups is 2. The lowest BCUT2D eigenvalue weighted by atomic mass is 9.96. The molecule has 7 heteroatoms. The fourth-order valence-corrected chi connectivity index (χ4v) is 2.88. The van der Waals surface area contributed by atoms with Crippen molar-refractivity contribution in [3.05, 3.63) is 42.7 Å². The number of piperidine rings is 1. The predicted octanol–water partition coefficient (Wildman–Crippen LogP) is 2.29. The van der Waals surface area contributed by atoms with E-state index in [-0.39, 0.29) is 17.7 Å². The first-order valence-electron chi connectivity index (χ1n) is 8.32. The molecule has 2 aromatic rings. The van der Waals surface area contributed by atoms with E-state index in [1.54, 1.807) is 42.7 Å². The first-order chi connectivity index (χ1) is 12.1. The summed E-state index contributed by atoms with van der Waals surface area (Å²) in [5.74, 6) is 0.608. The number of nitrogens with one attached hydrogen (secondary N) is 2. The van der Waals surface area contributed by atoms with E-state index in [0.717, 1.165) is 37.6 Å². The van der Waals surface area contributed by atoms with Gasteiger partial charge in [-0.15, -0.1) is 0 Å². The van der Waals surface area contributed by atoms with E-state index in [2.05, 4.69) is 25.5 Å². The third kappa shape index (κ3) is 4.53. The van der Waals surface area contributed by atoms with E-state index >= 15 is 0 Å². The van der Waals surface area contributed by atoms with E-state index < -0.39 is 0 Å². The summed E-state index contributed by atoms with van der Waals surface area (Å²) >= 11 is 0. The zero-order chi connectivity index (χ0) is 17.6. The molecule has 2 amide bonds. The molecule has 1 saturated heterocycles. The van der Waals surface area contributed by atoms with Crippen molar-refractivity contribution in [1.82, 2.24) is 9.97 Å². The standard InChI is InChI=1S/C18H21N5O2/c1-13(24)21-15-3-5-16(6-4-15)22-17(25)14-7-11-23(12-8-14)18-19-9-2-10-20-18/h2-6,9-10,14H,7-8,11-12H2,1H3,(H,21,24)(H,22,25). The highest BCUT2D eigenvalue weighted by molar-refractivity contribution is 5.93. The van der Waals surface area contributed by atoms with Gasteiger partial charge in [-0.2, -0.15) is 0 Å². The summed E-state index contributed by atoms with van der Waals surface area (Å²) in [6, 6.07) is 8.91. The lowest BCUT2D eigenvalue weighted by molar-refractivity contribution is -0.120. The van der Waals surface area contributed by atoms with Crippen LogP contribution in [0.3, 0.4) is 0 Å². The van der Waals surface area contributed by atoms with Gasteiger partial charge in [-0.25, -0.2) is 9.97 Å². The Morgan fingerprint density at radius 1 is 1.00 bits per heavy atom. The molecule has 0 bridgehead atoms. The van der Waals surface area contributed by atoms with Crippen molar-refractivity contribution in [2.45, 2.75) is 19.8 Å². The van der Waals surface area contributed by atoms with Gasteiger partial charge in [-0.3, -0.25) is 9.59 Å². The van der Waals surface area contributed by atoms with E-state index in [1.807, 2.05) is 0 Å². The molecule has 1 fully saturated rings. The Labute approximate surface area is 146 Å². The number of nitrogens with zero attached hydrogens (tertiary/aromatic N) is 3. The van der Waals surface area contributed by atoms with E-state index in [4.69, 9.17) is 0 Å². The first kappa shape index (κ1) is 16.9. The molecular formula is C18H21N5O2. The predicted molar refractivity (Wildman–Crippen MR) is 96.3 cm³/mol. The van der Waals surface area contributed by atoms with Crippen molar-refractivity contribution < 1.29 is 9.59 Å². The van der Waals surface area contributed by atoms with Crippen molar-refractivity contribution >= 4 is 29.1 Å². The Balaban J connectivity index is 1.52. The van der Waals surface area contributed by atoms with Crippen LogP contribution in [-0.2, 0) is 9.59 Å². The Morgan fingerprint density at radius 3 is 2.12 bits per heavy atom. The number of hydrogen-bond donors (Lipinski definition) is 2. The number of hydrogen-bond acceptors (Lipinski definition) is 5. The number of amides is 2. The minimum Gasteiger partial charge on any atom is -0.341 e. The molecule has 25 heavy (non-hydrogen) atoms. The average Bonchev–Trinajstić information content (AvgIpc) is 2.64. The van der Waals surface area contributed by atoms with Crippen LogP contribution in [0.15, 0.2) is 42.7 Å². The van der Waals surface area contributed by atoms with Gasteiger partial charge >= 0.3 is 0 Å². The zero-order valence-corrected chi connectivity index (χ0v) is 14.1. The summed E-state index contributed by atoms with van der Waals surface area (Å²) in [4.78, 5) is 34.1. The number of carbonyl (C=O) groups excluding carboxylic acids is 2. The van der Waals surface area contributed by atoms with Gasteiger partial charge in [0.05, 0.1) is 0 Å². The van der Waals surface area contributed by atoms with E-state index in [9.17, 15) is 9.59 Å². The van der Waals surface area contributed by atoms with Crippen LogP contribution in [0.4, 0.5) is 17.3 Å². The Kier molecular flexibility index (Phi) is 5.23. The maximum atomic E-state index is 12.4. The molecule has 0 saturated carbocycles. The zero-order valence-electron chi connectivity index (χ0n) is 14.1. The first-order valence-corrected chi connectivity index (χ1v) is 8.32. The molecule has 3 rings (SSSR count). The van der Waals surface area contributed by atoms with Crippen molar-refractivity contribution in [2.75, 3.05) is 28.6 Å². The molecule has 0 radical (unpaired) electrons. The second kappa shape index (κ2) is 7.74. The maximum Gasteiger partial charge on any atom is 0.227 e. The molecule has 0 aliphatic carbocycles. The highest BCUT2D eigenvalue weighted by atomic mass is 16.2. The van der Waals surface area contributed by atoms with Crippen LogP contribution < -0.4 is 15.5 Å². The summed E-state index contributed by atoms with van der Waals surface area (Å²) in [7, 11) is 0. The maximum absolute atomic E-state index is 12.4. The molecular weight excluding hydrogens is 318 g/mol. The van der Waals surface area contributed by atoms with Crippen LogP contribution in [0.5, 0.6) is 0 Å². The fraction of sp³-hybridized carbons (Fsp3) is 0.333. The number of rotatable bonds is 4. The molecule has 0 atom stereocenters. The molecule has 2 heterocycles. The van der Waals surface area contributed by atoms with Crippen molar-refractivity contribution in [3.63, 3.8) is 0 Å². The van der Waals surface area contributed by atoms with E-state index in [0.29, 0.717) is 5.69 Å². The van der Waals surface area contributed by atoms with Gasteiger partial charge in [0.2, 0.25) is 17.8 Å². The minimum absolute atomic E-state index is 0.0185. The van der Waals surface area contributed by atoms with Gasteiger partial charge in [-0.05, 0) is 43.2 Å². The topological polar surface area (TPSA) is 87.2 Å². The molecule has 1 aromatic heterocycles. The lowest BCUT2D eigenvalue weighted by Crippen LogP contribution is -2.39. The van der Waals surface area contributed by atoms with Crippen LogP contribution in [-0.4, -0.2) is 34.9 Å². The van der Waals surface area contributed by atoms with Crippen LogP contribution >= 0.6 is 0 Å². The number of anilines is 3.